The lowest BCUT2D eigenvalue weighted by atomic mass is 9.85. The van der Waals surface area contributed by atoms with E-state index in [1.54, 1.807) is 7.11 Å². The zero-order valence-corrected chi connectivity index (χ0v) is 19.6. The second-order valence-corrected chi connectivity index (χ2v) is 7.00. The van der Waals surface area contributed by atoms with Crippen molar-refractivity contribution in [1.29, 1.82) is 0 Å². The molecule has 2 rings (SSSR count). The summed E-state index contributed by atoms with van der Waals surface area (Å²) < 4.78 is 11.2. The van der Waals surface area contributed by atoms with Crippen molar-refractivity contribution >= 4 is 21.7 Å². The van der Waals surface area contributed by atoms with Crippen LogP contribution in [0.4, 0.5) is 0 Å². The molecule has 1 unspecified atom stereocenters. The minimum atomic E-state index is -0.183. The van der Waals surface area contributed by atoms with E-state index in [9.17, 15) is 4.79 Å². The van der Waals surface area contributed by atoms with Crippen molar-refractivity contribution in [2.24, 2.45) is 5.92 Å². The molecule has 4 heteroatoms. The van der Waals surface area contributed by atoms with Gasteiger partial charge in [-0.05, 0) is 56.0 Å². The first-order chi connectivity index (χ1) is 13.5. The number of benzene rings is 1. The van der Waals surface area contributed by atoms with Gasteiger partial charge in [0.05, 0.1) is 19.6 Å². The topological polar surface area (TPSA) is 35.5 Å². The quantitative estimate of drug-likeness (QED) is 0.272. The monoisotopic (exact) mass is 448 g/mol. The van der Waals surface area contributed by atoms with Gasteiger partial charge in [-0.2, -0.15) is 0 Å². The van der Waals surface area contributed by atoms with Crippen molar-refractivity contribution < 1.29 is 14.3 Å². The molecule has 1 aromatic carbocycles. The molecule has 1 aliphatic rings. The molecule has 0 bridgehead atoms. The zero-order chi connectivity index (χ0) is 21.1. The molecule has 0 saturated heterocycles. The standard InChI is InChI=1S/C22H27BrO3.C2H6/c1-5-15(3)20(8-7-11-23)19(6-2)22(24)17-12-16-13-18(25-4)9-10-21(16)26-14-17;1-2/h6-10,13,17H,5,11-12,14H2,1-4H3;1-2H3/b8-7-,19-6+,20-15-;. The lowest BCUT2D eigenvalue weighted by molar-refractivity contribution is -0.120. The van der Waals surface area contributed by atoms with Crippen LogP contribution in [0.2, 0.25) is 0 Å². The third-order valence-electron chi connectivity index (χ3n) is 4.75. The van der Waals surface area contributed by atoms with Crippen LogP contribution < -0.4 is 9.47 Å². The number of carbonyl (C=O) groups excluding carboxylic acids is 1. The minimum Gasteiger partial charge on any atom is -0.497 e. The summed E-state index contributed by atoms with van der Waals surface area (Å²) in [5, 5.41) is 0.762. The predicted molar refractivity (Wildman–Crippen MR) is 122 cm³/mol. The van der Waals surface area contributed by atoms with E-state index in [-0.39, 0.29) is 11.7 Å². The van der Waals surface area contributed by atoms with Gasteiger partial charge in [0.15, 0.2) is 5.78 Å². The maximum absolute atomic E-state index is 13.3. The summed E-state index contributed by atoms with van der Waals surface area (Å²) in [6, 6.07) is 5.76. The third-order valence-corrected chi connectivity index (χ3v) is 5.13. The van der Waals surface area contributed by atoms with Gasteiger partial charge < -0.3 is 9.47 Å². The number of methoxy groups -OCH3 is 1. The van der Waals surface area contributed by atoms with Crippen LogP contribution in [0.1, 0.15) is 46.6 Å². The Kier molecular flexibility index (Phi) is 10.9. The van der Waals surface area contributed by atoms with Gasteiger partial charge in [0.25, 0.3) is 0 Å². The van der Waals surface area contributed by atoms with Gasteiger partial charge in [-0.1, -0.05) is 60.5 Å². The van der Waals surface area contributed by atoms with E-state index in [0.717, 1.165) is 40.0 Å². The van der Waals surface area contributed by atoms with E-state index in [2.05, 4.69) is 29.8 Å². The van der Waals surface area contributed by atoms with E-state index in [1.165, 1.54) is 5.57 Å². The van der Waals surface area contributed by atoms with E-state index >= 15 is 0 Å². The van der Waals surface area contributed by atoms with E-state index in [4.69, 9.17) is 9.47 Å². The SMILES string of the molecule is CC.C\C=C(C(=O)C1COc2ccc(OC)cc2C1)/C(/C=C\CBr)=C(/C)CC. The number of halogens is 1. The van der Waals surface area contributed by atoms with Crippen LogP contribution in [0.25, 0.3) is 0 Å². The van der Waals surface area contributed by atoms with Gasteiger partial charge in [-0.15, -0.1) is 0 Å². The van der Waals surface area contributed by atoms with Crippen LogP contribution in [0.15, 0.2) is 53.1 Å². The van der Waals surface area contributed by atoms with Crippen LogP contribution in [-0.4, -0.2) is 24.8 Å². The molecular weight excluding hydrogens is 416 g/mol. The van der Waals surface area contributed by atoms with Gasteiger partial charge in [-0.3, -0.25) is 4.79 Å². The Morgan fingerprint density at radius 1 is 1.36 bits per heavy atom. The molecule has 0 spiro atoms. The highest BCUT2D eigenvalue weighted by Crippen LogP contribution is 2.33. The summed E-state index contributed by atoms with van der Waals surface area (Å²) in [5.74, 6) is 1.59. The molecule has 0 aromatic heterocycles. The molecule has 28 heavy (non-hydrogen) atoms. The Hall–Kier alpha value is -1.81. The maximum atomic E-state index is 13.3. The maximum Gasteiger partial charge on any atom is 0.169 e. The Morgan fingerprint density at radius 2 is 2.07 bits per heavy atom. The molecule has 154 valence electrons. The highest BCUT2D eigenvalue weighted by atomic mass is 79.9. The van der Waals surface area contributed by atoms with Gasteiger partial charge in [0.2, 0.25) is 0 Å². The molecule has 3 nitrogen and oxygen atoms in total. The molecule has 1 atom stereocenters. The summed E-state index contributed by atoms with van der Waals surface area (Å²) in [5.41, 5.74) is 4.04. The van der Waals surface area contributed by atoms with Crippen molar-refractivity contribution in [1.82, 2.24) is 0 Å². The molecule has 1 heterocycles. The Balaban J connectivity index is 0.00000190. The molecule has 0 fully saturated rings. The molecule has 1 aliphatic heterocycles. The Labute approximate surface area is 178 Å². The van der Waals surface area contributed by atoms with E-state index in [1.807, 2.05) is 57.2 Å². The normalized spacial score (nSPS) is 17.1. The van der Waals surface area contributed by atoms with Crippen LogP contribution in [0, 0.1) is 5.92 Å². The highest BCUT2D eigenvalue weighted by molar-refractivity contribution is 9.09. The number of allylic oxidation sites excluding steroid dienone is 6. The molecule has 0 saturated carbocycles. The van der Waals surface area contributed by atoms with Crippen molar-refractivity contribution in [2.75, 3.05) is 19.0 Å². The lowest BCUT2D eigenvalue weighted by Gasteiger charge is -2.26. The fourth-order valence-electron chi connectivity index (χ4n) is 3.13. The average molecular weight is 449 g/mol. The number of Topliss-reactive ketones (excluding diaryl/α,β-unsaturated/α-hetero) is 1. The molecule has 0 radical (unpaired) electrons. The van der Waals surface area contributed by atoms with Crippen LogP contribution in [-0.2, 0) is 11.2 Å². The number of carbonyl (C=O) groups is 1. The first kappa shape index (κ1) is 24.2. The number of ketones is 1. The summed E-state index contributed by atoms with van der Waals surface area (Å²) in [4.78, 5) is 13.3. The molecule has 0 N–H and O–H groups in total. The summed E-state index contributed by atoms with van der Waals surface area (Å²) in [7, 11) is 1.65. The Morgan fingerprint density at radius 3 is 2.64 bits per heavy atom. The number of alkyl halides is 1. The fourth-order valence-corrected chi connectivity index (χ4v) is 3.32. The third kappa shape index (κ3) is 6.10. The van der Waals surface area contributed by atoms with Gasteiger partial charge in [-0.25, -0.2) is 0 Å². The second kappa shape index (κ2) is 12.6. The largest absolute Gasteiger partial charge is 0.497 e. The smallest absolute Gasteiger partial charge is 0.169 e. The van der Waals surface area contributed by atoms with Crippen LogP contribution in [0.5, 0.6) is 11.5 Å². The van der Waals surface area contributed by atoms with E-state index < -0.39 is 0 Å². The van der Waals surface area contributed by atoms with Gasteiger partial charge in [0.1, 0.15) is 11.5 Å². The van der Waals surface area contributed by atoms with Crippen molar-refractivity contribution in [2.45, 2.75) is 47.5 Å². The first-order valence-electron chi connectivity index (χ1n) is 9.98. The van der Waals surface area contributed by atoms with E-state index in [0.29, 0.717) is 13.0 Å². The molecule has 0 amide bonds. The second-order valence-electron chi connectivity index (χ2n) is 6.36. The Bertz CT molecular complexity index is 744. The van der Waals surface area contributed by atoms with Crippen molar-refractivity contribution in [3.63, 3.8) is 0 Å². The molecule has 1 aromatic rings. The number of hydrogen-bond acceptors (Lipinski definition) is 3. The first-order valence-corrected chi connectivity index (χ1v) is 11.1. The summed E-state index contributed by atoms with van der Waals surface area (Å²) >= 11 is 3.42. The minimum absolute atomic E-state index is 0.142. The van der Waals surface area contributed by atoms with Crippen LogP contribution in [0.3, 0.4) is 0 Å². The number of rotatable bonds is 7. The zero-order valence-electron chi connectivity index (χ0n) is 18.0. The average Bonchev–Trinajstić information content (AvgIpc) is 2.76. The molecule has 0 aliphatic carbocycles. The van der Waals surface area contributed by atoms with Crippen molar-refractivity contribution in [3.05, 3.63) is 58.7 Å². The highest BCUT2D eigenvalue weighted by Gasteiger charge is 2.29. The van der Waals surface area contributed by atoms with Crippen LogP contribution >= 0.6 is 15.9 Å². The van der Waals surface area contributed by atoms with Gasteiger partial charge in [0, 0.05) is 10.9 Å². The number of hydrogen-bond donors (Lipinski definition) is 0. The lowest BCUT2D eigenvalue weighted by Crippen LogP contribution is -2.29. The predicted octanol–water partition coefficient (Wildman–Crippen LogP) is 6.47. The van der Waals surface area contributed by atoms with Crippen molar-refractivity contribution in [3.8, 4) is 11.5 Å². The van der Waals surface area contributed by atoms with Gasteiger partial charge >= 0.3 is 0 Å². The fraction of sp³-hybridized carbons (Fsp3) is 0.458. The molecular formula is C24H33BrO3. The summed E-state index contributed by atoms with van der Waals surface area (Å²) in [6.45, 7) is 10.5. The number of ether oxygens (including phenoxy) is 2. The number of fused-ring (bicyclic) bond motifs is 1. The summed E-state index contributed by atoms with van der Waals surface area (Å²) in [6.07, 6.45) is 7.58.